The topological polar surface area (TPSA) is 34.9 Å². The molecular weight excluding hydrogens is 299 g/mol. The Morgan fingerprint density at radius 1 is 1.00 bits per heavy atom. The quantitative estimate of drug-likeness (QED) is 0.548. The van der Waals surface area contributed by atoms with E-state index in [-0.39, 0.29) is 24.3 Å². The zero-order valence-electron chi connectivity index (χ0n) is 11.5. The summed E-state index contributed by atoms with van der Waals surface area (Å²) >= 11 is 0. The maximum absolute atomic E-state index is 11.6. The van der Waals surface area contributed by atoms with Crippen LogP contribution < -0.4 is 0 Å². The van der Waals surface area contributed by atoms with Crippen molar-refractivity contribution in [3.63, 3.8) is 0 Å². The van der Waals surface area contributed by atoms with E-state index < -0.39 is 0 Å². The number of Topliss-reactive ketones (excluding diaryl/α,β-unsaturated/α-hetero) is 1. The normalized spacial score (nSPS) is 9.95. The van der Waals surface area contributed by atoms with Gasteiger partial charge in [-0.1, -0.05) is 42.0 Å². The summed E-state index contributed by atoms with van der Waals surface area (Å²) in [5, 5.41) is 4.37. The average Bonchev–Trinajstić information content (AvgIpc) is 2.94. The smallest absolute Gasteiger partial charge is 0.0781 e. The molecule has 0 aliphatic carbocycles. The van der Waals surface area contributed by atoms with Gasteiger partial charge in [0.05, 0.1) is 11.5 Å². The third kappa shape index (κ3) is 3.15. The molecule has 0 amide bonds. The number of hydrogen-bond acceptors (Lipinski definition) is 2. The maximum Gasteiger partial charge on any atom is 0.0781 e. The third-order valence-corrected chi connectivity index (χ3v) is 3.03. The van der Waals surface area contributed by atoms with E-state index in [2.05, 4.69) is 11.2 Å². The average molecular weight is 312 g/mol. The molecule has 103 valence electrons. The number of benzene rings is 2. The second-order valence-electron chi connectivity index (χ2n) is 4.49. The number of carbonyl (C=O) groups is 1. The summed E-state index contributed by atoms with van der Waals surface area (Å²) in [6.45, 7) is 1.50. The van der Waals surface area contributed by atoms with Crippen molar-refractivity contribution in [1.29, 1.82) is 0 Å². The predicted molar refractivity (Wildman–Crippen MR) is 77.8 cm³/mol. The second kappa shape index (κ2) is 6.57. The summed E-state index contributed by atoms with van der Waals surface area (Å²) in [6.07, 6.45) is 0. The molecule has 0 fully saturated rings. The second-order valence-corrected chi connectivity index (χ2v) is 4.49. The molecule has 21 heavy (non-hydrogen) atoms. The van der Waals surface area contributed by atoms with Gasteiger partial charge in [-0.2, -0.15) is 5.10 Å². The van der Waals surface area contributed by atoms with Gasteiger partial charge in [0.2, 0.25) is 0 Å². The number of rotatable bonds is 3. The summed E-state index contributed by atoms with van der Waals surface area (Å²) in [5.41, 5.74) is 3.04. The van der Waals surface area contributed by atoms with Gasteiger partial charge in [0, 0.05) is 24.2 Å². The van der Waals surface area contributed by atoms with Crippen molar-refractivity contribution in [2.75, 3.05) is 0 Å². The van der Waals surface area contributed by atoms with Crippen LogP contribution in [0.3, 0.4) is 0 Å². The Morgan fingerprint density at radius 3 is 2.14 bits per heavy atom. The number of ketones is 1. The molecule has 4 heteroatoms. The monoisotopic (exact) mass is 312 g/mol. The first-order valence-corrected chi connectivity index (χ1v) is 6.40. The molecule has 0 bridgehead atoms. The summed E-state index contributed by atoms with van der Waals surface area (Å²) in [5.74, 6) is -0.0862. The van der Waals surface area contributed by atoms with Gasteiger partial charge >= 0.3 is 0 Å². The van der Waals surface area contributed by atoms with Crippen LogP contribution in [0.5, 0.6) is 0 Å². The summed E-state index contributed by atoms with van der Waals surface area (Å²) < 4.78 is 1.76. The van der Waals surface area contributed by atoms with Crippen molar-refractivity contribution in [2.24, 2.45) is 0 Å². The number of aromatic nitrogens is 2. The fourth-order valence-electron chi connectivity index (χ4n) is 2.05. The van der Waals surface area contributed by atoms with Crippen molar-refractivity contribution in [1.82, 2.24) is 9.78 Å². The van der Waals surface area contributed by atoms with Crippen molar-refractivity contribution < 1.29 is 23.4 Å². The summed E-state index contributed by atoms with van der Waals surface area (Å²) in [7, 11) is 0. The Kier molecular flexibility index (Phi) is 4.79. The molecule has 1 aromatic heterocycles. The van der Waals surface area contributed by atoms with Crippen LogP contribution in [0.1, 0.15) is 17.4 Å². The van der Waals surface area contributed by atoms with E-state index in [1.807, 2.05) is 60.7 Å². The minimum atomic E-state index is -0.0862. The Labute approximate surface area is 135 Å². The van der Waals surface area contributed by atoms with Gasteiger partial charge in [0.25, 0.3) is 0 Å². The van der Waals surface area contributed by atoms with E-state index in [9.17, 15) is 4.79 Å². The molecular formula is C17H13N2OV-. The third-order valence-electron chi connectivity index (χ3n) is 3.03. The van der Waals surface area contributed by atoms with Crippen LogP contribution in [-0.4, -0.2) is 15.6 Å². The van der Waals surface area contributed by atoms with E-state index in [1.165, 1.54) is 6.92 Å². The first-order valence-electron chi connectivity index (χ1n) is 6.40. The van der Waals surface area contributed by atoms with Crippen LogP contribution in [0.25, 0.3) is 16.9 Å². The van der Waals surface area contributed by atoms with Gasteiger partial charge in [-0.05, 0) is 24.8 Å². The summed E-state index contributed by atoms with van der Waals surface area (Å²) in [4.78, 5) is 11.6. The van der Waals surface area contributed by atoms with Crippen LogP contribution >= 0.6 is 0 Å². The van der Waals surface area contributed by atoms with Crippen LogP contribution in [0.2, 0.25) is 0 Å². The molecule has 0 aliphatic heterocycles. The molecule has 1 heterocycles. The van der Waals surface area contributed by atoms with Gasteiger partial charge < -0.3 is 4.79 Å². The zero-order valence-corrected chi connectivity index (χ0v) is 12.9. The fraction of sp³-hybridized carbons (Fsp3) is 0.0588. The van der Waals surface area contributed by atoms with Crippen molar-refractivity contribution in [3.8, 4) is 16.9 Å². The van der Waals surface area contributed by atoms with Gasteiger partial charge in [-0.25, -0.2) is 0 Å². The molecule has 0 aliphatic rings. The molecule has 0 unspecified atom stereocenters. The number of carbonyl (C=O) groups excluding carboxylic acids is 1. The Morgan fingerprint density at radius 2 is 1.57 bits per heavy atom. The first kappa shape index (κ1) is 15.3. The fourth-order valence-corrected chi connectivity index (χ4v) is 2.05. The number of para-hydroxylation sites is 1. The van der Waals surface area contributed by atoms with Gasteiger partial charge in [0.15, 0.2) is 0 Å². The zero-order chi connectivity index (χ0) is 13.9. The molecule has 2 aromatic carbocycles. The molecule has 0 N–H and O–H groups in total. The Balaban J connectivity index is 0.00000161. The minimum Gasteiger partial charge on any atom is -0.368 e. The molecule has 3 aromatic rings. The molecule has 0 saturated heterocycles. The van der Waals surface area contributed by atoms with E-state index in [1.54, 1.807) is 4.68 Å². The molecule has 0 atom stereocenters. The first-order chi connectivity index (χ1) is 9.75. The maximum atomic E-state index is 11.6. The molecule has 0 saturated carbocycles. The predicted octanol–water partition coefficient (Wildman–Crippen LogP) is 3.54. The van der Waals surface area contributed by atoms with Gasteiger partial charge in [-0.15, -0.1) is 18.2 Å². The summed E-state index contributed by atoms with van der Waals surface area (Å²) in [6, 6.07) is 22.7. The Bertz CT molecular complexity index is 679. The number of nitrogens with zero attached hydrogens (tertiary/aromatic N) is 2. The van der Waals surface area contributed by atoms with Crippen molar-refractivity contribution in [2.45, 2.75) is 6.92 Å². The van der Waals surface area contributed by atoms with Crippen LogP contribution in [-0.2, 0) is 18.6 Å². The van der Waals surface area contributed by atoms with Gasteiger partial charge in [0.1, 0.15) is 0 Å². The minimum absolute atomic E-state index is 0. The van der Waals surface area contributed by atoms with Crippen molar-refractivity contribution in [3.05, 3.63) is 72.4 Å². The molecule has 3 rings (SSSR count). The van der Waals surface area contributed by atoms with Gasteiger partial charge in [-0.3, -0.25) is 4.68 Å². The van der Waals surface area contributed by atoms with E-state index in [0.29, 0.717) is 5.69 Å². The SMILES string of the molecule is CC(=O)c1[c-]c(-c2ccccc2)n(-c2ccccc2)n1.[V]. The molecule has 0 spiro atoms. The van der Waals surface area contributed by atoms with Crippen LogP contribution in [0.4, 0.5) is 0 Å². The van der Waals surface area contributed by atoms with E-state index >= 15 is 0 Å². The molecule has 3 nitrogen and oxygen atoms in total. The number of hydrogen-bond donors (Lipinski definition) is 0. The van der Waals surface area contributed by atoms with Crippen molar-refractivity contribution >= 4 is 5.78 Å². The van der Waals surface area contributed by atoms with E-state index in [0.717, 1.165) is 16.9 Å². The Hall–Kier alpha value is -2.10. The largest absolute Gasteiger partial charge is 0.368 e. The van der Waals surface area contributed by atoms with Crippen LogP contribution in [0, 0.1) is 6.07 Å². The standard InChI is InChI=1S/C17H13N2O.V/c1-13(20)16-12-17(14-8-4-2-5-9-14)19(18-16)15-10-6-3-7-11-15;/h2-11H,1H3;/q-1;. The van der Waals surface area contributed by atoms with E-state index in [4.69, 9.17) is 0 Å². The molecule has 1 radical (unpaired) electrons. The van der Waals surface area contributed by atoms with Crippen LogP contribution in [0.15, 0.2) is 60.7 Å².